The van der Waals surface area contributed by atoms with Crippen molar-refractivity contribution in [2.75, 3.05) is 5.32 Å². The zero-order chi connectivity index (χ0) is 21.7. The maximum atomic E-state index is 14.1. The van der Waals surface area contributed by atoms with Crippen LogP contribution in [0.3, 0.4) is 0 Å². The zero-order valence-electron chi connectivity index (χ0n) is 15.3. The van der Waals surface area contributed by atoms with E-state index < -0.39 is 17.6 Å². The number of halogens is 4. The van der Waals surface area contributed by atoms with Gasteiger partial charge in [-0.15, -0.1) is 0 Å². The summed E-state index contributed by atoms with van der Waals surface area (Å²) in [5.74, 6) is -1.59. The Labute approximate surface area is 198 Å². The van der Waals surface area contributed by atoms with Gasteiger partial charge in [-0.25, -0.2) is 4.39 Å². The van der Waals surface area contributed by atoms with E-state index in [9.17, 15) is 14.0 Å². The van der Waals surface area contributed by atoms with Gasteiger partial charge in [0.15, 0.2) is 0 Å². The van der Waals surface area contributed by atoms with Gasteiger partial charge < -0.3 is 10.6 Å². The van der Waals surface area contributed by atoms with Gasteiger partial charge in [-0.3, -0.25) is 9.59 Å². The lowest BCUT2D eigenvalue weighted by atomic mass is 10.1. The summed E-state index contributed by atoms with van der Waals surface area (Å²) in [6, 6.07) is 17.9. The first kappa shape index (κ1) is 22.4. The molecule has 0 fully saturated rings. The quantitative estimate of drug-likeness (QED) is 0.329. The van der Waals surface area contributed by atoms with Gasteiger partial charge in [0.1, 0.15) is 11.5 Å². The molecule has 0 unspecified atom stereocenters. The van der Waals surface area contributed by atoms with Gasteiger partial charge in [-0.05, 0) is 70.5 Å². The van der Waals surface area contributed by atoms with Crippen LogP contribution in [0.25, 0.3) is 6.08 Å². The zero-order valence-corrected chi connectivity index (χ0v) is 20.0. The number of rotatable bonds is 5. The molecule has 8 heteroatoms. The predicted molar refractivity (Wildman–Crippen MR) is 126 cm³/mol. The van der Waals surface area contributed by atoms with Crippen LogP contribution in [0.4, 0.5) is 10.1 Å². The number of anilines is 1. The molecule has 0 aliphatic carbocycles. The highest BCUT2D eigenvalue weighted by Gasteiger charge is 2.17. The Bertz CT molecular complexity index is 1130. The largest absolute Gasteiger partial charge is 0.320 e. The summed E-state index contributed by atoms with van der Waals surface area (Å²) in [5.41, 5.74) is 0.937. The Morgan fingerprint density at radius 2 is 1.53 bits per heavy atom. The topological polar surface area (TPSA) is 58.2 Å². The van der Waals surface area contributed by atoms with Crippen LogP contribution < -0.4 is 10.6 Å². The molecule has 3 aromatic rings. The number of carbonyl (C=O) groups excluding carboxylic acids is 2. The molecule has 0 atom stereocenters. The van der Waals surface area contributed by atoms with E-state index in [1.165, 1.54) is 18.2 Å². The van der Waals surface area contributed by atoms with E-state index in [0.717, 1.165) is 8.95 Å². The number of benzene rings is 3. The van der Waals surface area contributed by atoms with Gasteiger partial charge in [-0.1, -0.05) is 50.1 Å². The van der Waals surface area contributed by atoms with Crippen molar-refractivity contribution in [3.63, 3.8) is 0 Å². The lowest BCUT2D eigenvalue weighted by molar-refractivity contribution is -0.113. The van der Waals surface area contributed by atoms with E-state index in [1.54, 1.807) is 54.6 Å². The second kappa shape index (κ2) is 10.1. The molecule has 0 aliphatic rings. The third-order valence-electron chi connectivity index (χ3n) is 3.98. The predicted octanol–water partition coefficient (Wildman–Crippen LogP) is 6.52. The van der Waals surface area contributed by atoms with Crippen molar-refractivity contribution in [3.8, 4) is 0 Å². The van der Waals surface area contributed by atoms with Gasteiger partial charge in [0.2, 0.25) is 0 Å². The summed E-state index contributed by atoms with van der Waals surface area (Å²) in [5, 5.41) is 5.31. The lowest BCUT2D eigenvalue weighted by Crippen LogP contribution is -2.30. The molecular formula is C22H14Br3FN2O2. The van der Waals surface area contributed by atoms with Gasteiger partial charge in [0.25, 0.3) is 11.8 Å². The van der Waals surface area contributed by atoms with Crippen molar-refractivity contribution in [1.29, 1.82) is 0 Å². The molecule has 0 saturated carbocycles. The van der Waals surface area contributed by atoms with Gasteiger partial charge >= 0.3 is 0 Å². The molecule has 152 valence electrons. The Morgan fingerprint density at radius 3 is 2.20 bits per heavy atom. The molecule has 2 amide bonds. The molecule has 3 rings (SSSR count). The van der Waals surface area contributed by atoms with Gasteiger partial charge in [0, 0.05) is 24.5 Å². The smallest absolute Gasteiger partial charge is 0.272 e. The SMILES string of the molecule is O=C(Nc1ccc(Br)cc1Br)/C(=C\c1ccccc1F)NC(=O)c1ccc(Br)cc1. The third kappa shape index (κ3) is 5.87. The van der Waals surface area contributed by atoms with Crippen LogP contribution in [-0.4, -0.2) is 11.8 Å². The molecule has 3 aromatic carbocycles. The minimum absolute atomic E-state index is 0.0946. The summed E-state index contributed by atoms with van der Waals surface area (Å²) >= 11 is 10.0. The molecule has 0 aliphatic heterocycles. The number of nitrogens with one attached hydrogen (secondary N) is 2. The monoisotopic (exact) mass is 594 g/mol. The summed E-state index contributed by atoms with van der Waals surface area (Å²) in [4.78, 5) is 25.6. The Hall–Kier alpha value is -2.29. The number of hydrogen-bond acceptors (Lipinski definition) is 2. The fraction of sp³-hybridized carbons (Fsp3) is 0. The second-order valence-electron chi connectivity index (χ2n) is 6.12. The van der Waals surface area contributed by atoms with Gasteiger partial charge in [-0.2, -0.15) is 0 Å². The number of carbonyl (C=O) groups is 2. The number of hydrogen-bond donors (Lipinski definition) is 2. The van der Waals surface area contributed by atoms with E-state index in [1.807, 2.05) is 0 Å². The molecule has 0 saturated heterocycles. The summed E-state index contributed by atoms with van der Waals surface area (Å²) < 4.78 is 16.4. The van der Waals surface area contributed by atoms with Crippen LogP contribution in [0.5, 0.6) is 0 Å². The fourth-order valence-electron chi connectivity index (χ4n) is 2.48. The molecule has 0 heterocycles. The molecule has 2 N–H and O–H groups in total. The van der Waals surface area contributed by atoms with Crippen LogP contribution >= 0.6 is 47.8 Å². The van der Waals surface area contributed by atoms with E-state index >= 15 is 0 Å². The first-order chi connectivity index (χ1) is 14.3. The molecule has 0 bridgehead atoms. The minimum atomic E-state index is -0.591. The van der Waals surface area contributed by atoms with Crippen molar-refractivity contribution >= 4 is 71.4 Å². The van der Waals surface area contributed by atoms with Crippen LogP contribution in [0.15, 0.2) is 85.8 Å². The molecular weight excluding hydrogens is 583 g/mol. The number of amides is 2. The highest BCUT2D eigenvalue weighted by Crippen LogP contribution is 2.26. The van der Waals surface area contributed by atoms with Crippen LogP contribution in [-0.2, 0) is 4.79 Å². The van der Waals surface area contributed by atoms with E-state index in [2.05, 4.69) is 58.4 Å². The first-order valence-electron chi connectivity index (χ1n) is 8.63. The van der Waals surface area contributed by atoms with Crippen molar-refractivity contribution in [2.24, 2.45) is 0 Å². The summed E-state index contributed by atoms with van der Waals surface area (Å²) in [7, 11) is 0. The van der Waals surface area contributed by atoms with Gasteiger partial charge in [0.05, 0.1) is 5.69 Å². The van der Waals surface area contributed by atoms with Crippen molar-refractivity contribution in [3.05, 3.63) is 103 Å². The third-order valence-corrected chi connectivity index (χ3v) is 5.66. The second-order valence-corrected chi connectivity index (χ2v) is 8.80. The maximum Gasteiger partial charge on any atom is 0.272 e. The average molecular weight is 597 g/mol. The maximum absolute atomic E-state index is 14.1. The highest BCUT2D eigenvalue weighted by atomic mass is 79.9. The summed E-state index contributed by atoms with van der Waals surface area (Å²) in [6.07, 6.45) is 1.30. The molecule has 0 radical (unpaired) electrons. The summed E-state index contributed by atoms with van der Waals surface area (Å²) in [6.45, 7) is 0. The van der Waals surface area contributed by atoms with Crippen LogP contribution in [0.2, 0.25) is 0 Å². The highest BCUT2D eigenvalue weighted by molar-refractivity contribution is 9.11. The van der Waals surface area contributed by atoms with Crippen molar-refractivity contribution in [1.82, 2.24) is 5.32 Å². The average Bonchev–Trinajstić information content (AvgIpc) is 2.71. The van der Waals surface area contributed by atoms with Crippen LogP contribution in [0, 0.1) is 5.82 Å². The van der Waals surface area contributed by atoms with Crippen molar-refractivity contribution in [2.45, 2.75) is 0 Å². The van der Waals surface area contributed by atoms with E-state index in [4.69, 9.17) is 0 Å². The first-order valence-corrected chi connectivity index (χ1v) is 11.0. The Kier molecular flexibility index (Phi) is 7.58. The molecule has 0 aromatic heterocycles. The normalized spacial score (nSPS) is 11.1. The van der Waals surface area contributed by atoms with Crippen molar-refractivity contribution < 1.29 is 14.0 Å². The minimum Gasteiger partial charge on any atom is -0.320 e. The molecule has 0 spiro atoms. The lowest BCUT2D eigenvalue weighted by Gasteiger charge is -2.13. The van der Waals surface area contributed by atoms with E-state index in [-0.39, 0.29) is 11.3 Å². The fourth-order valence-corrected chi connectivity index (χ4v) is 3.89. The Morgan fingerprint density at radius 1 is 0.867 bits per heavy atom. The standard InChI is InChI=1S/C22H14Br3FN2O2/c23-15-7-5-13(6-8-15)21(29)28-20(11-14-3-1-2-4-18(14)26)22(30)27-19-10-9-16(24)12-17(19)25/h1-12H,(H,27,30)(H,28,29)/b20-11+. The van der Waals surface area contributed by atoms with E-state index in [0.29, 0.717) is 15.7 Å². The van der Waals surface area contributed by atoms with Crippen LogP contribution in [0.1, 0.15) is 15.9 Å². The molecule has 4 nitrogen and oxygen atoms in total. The molecule has 30 heavy (non-hydrogen) atoms. The Balaban J connectivity index is 1.92.